The Hall–Kier alpha value is -1.88. The first kappa shape index (κ1) is 18.5. The molecule has 5 heteroatoms. The average Bonchev–Trinajstić information content (AvgIpc) is 3.42. The molecule has 2 amide bonds. The van der Waals surface area contributed by atoms with Gasteiger partial charge in [-0.25, -0.2) is 0 Å². The predicted octanol–water partition coefficient (Wildman–Crippen LogP) is 2.50. The van der Waals surface area contributed by atoms with Crippen molar-refractivity contribution in [2.45, 2.75) is 44.6 Å². The Morgan fingerprint density at radius 3 is 2.63 bits per heavy atom. The van der Waals surface area contributed by atoms with Crippen molar-refractivity contribution < 1.29 is 14.3 Å². The number of nitrogens with zero attached hydrogens (tertiary/aromatic N) is 2. The van der Waals surface area contributed by atoms with Crippen LogP contribution in [-0.4, -0.2) is 60.5 Å². The molecule has 0 unspecified atom stereocenters. The smallest absolute Gasteiger partial charge is 0.227 e. The molecule has 3 fully saturated rings. The second-order valence-corrected chi connectivity index (χ2v) is 8.29. The first-order chi connectivity index (χ1) is 13.2. The quantitative estimate of drug-likeness (QED) is 0.773. The summed E-state index contributed by atoms with van der Waals surface area (Å²) in [6.07, 6.45) is 5.56. The third-order valence-corrected chi connectivity index (χ3v) is 6.07. The van der Waals surface area contributed by atoms with Crippen molar-refractivity contribution >= 4 is 11.8 Å². The van der Waals surface area contributed by atoms with Crippen LogP contribution < -0.4 is 0 Å². The zero-order valence-corrected chi connectivity index (χ0v) is 16.0. The lowest BCUT2D eigenvalue weighted by molar-refractivity contribution is -0.141. The Labute approximate surface area is 161 Å². The Balaban J connectivity index is 1.36. The Kier molecular flexibility index (Phi) is 5.77. The van der Waals surface area contributed by atoms with Crippen LogP contribution in [0.5, 0.6) is 0 Å². The number of amides is 2. The van der Waals surface area contributed by atoms with E-state index in [1.807, 2.05) is 35.2 Å². The monoisotopic (exact) mass is 370 g/mol. The largest absolute Gasteiger partial charge is 0.381 e. The van der Waals surface area contributed by atoms with Gasteiger partial charge < -0.3 is 14.5 Å². The third kappa shape index (κ3) is 4.70. The van der Waals surface area contributed by atoms with Crippen LogP contribution in [0.4, 0.5) is 0 Å². The number of piperidine rings is 1. The van der Waals surface area contributed by atoms with Gasteiger partial charge in [0.05, 0.1) is 18.9 Å². The van der Waals surface area contributed by atoms with Crippen LogP contribution >= 0.6 is 0 Å². The fourth-order valence-corrected chi connectivity index (χ4v) is 4.33. The van der Waals surface area contributed by atoms with Gasteiger partial charge in [0.25, 0.3) is 0 Å². The Morgan fingerprint density at radius 2 is 1.93 bits per heavy atom. The second-order valence-electron chi connectivity index (χ2n) is 8.29. The number of hydrogen-bond acceptors (Lipinski definition) is 3. The maximum atomic E-state index is 13.2. The van der Waals surface area contributed by atoms with E-state index in [4.69, 9.17) is 4.74 Å². The van der Waals surface area contributed by atoms with Gasteiger partial charge >= 0.3 is 0 Å². The molecule has 1 saturated carbocycles. The summed E-state index contributed by atoms with van der Waals surface area (Å²) in [5, 5.41) is 0. The lowest BCUT2D eigenvalue weighted by Gasteiger charge is -2.36. The summed E-state index contributed by atoms with van der Waals surface area (Å²) in [7, 11) is 0. The lowest BCUT2D eigenvalue weighted by atomic mass is 9.95. The number of ether oxygens (including phenoxy) is 1. The van der Waals surface area contributed by atoms with Crippen molar-refractivity contribution in [2.24, 2.45) is 11.8 Å². The van der Waals surface area contributed by atoms with Gasteiger partial charge in [-0.05, 0) is 37.7 Å². The summed E-state index contributed by atoms with van der Waals surface area (Å²) in [6, 6.07) is 10.3. The highest BCUT2D eigenvalue weighted by atomic mass is 16.5. The highest BCUT2D eigenvalue weighted by molar-refractivity contribution is 5.82. The molecule has 4 rings (SSSR count). The summed E-state index contributed by atoms with van der Waals surface area (Å²) in [5.74, 6) is 0.845. The number of likely N-dealkylation sites (tertiary alicyclic amines) is 1. The van der Waals surface area contributed by atoms with Gasteiger partial charge in [-0.15, -0.1) is 0 Å². The molecule has 0 N–H and O–H groups in total. The fraction of sp³-hybridized carbons (Fsp3) is 0.636. The molecule has 2 aliphatic heterocycles. The van der Waals surface area contributed by atoms with Crippen LogP contribution in [0, 0.1) is 11.8 Å². The summed E-state index contributed by atoms with van der Waals surface area (Å²) < 4.78 is 5.50. The van der Waals surface area contributed by atoms with Crippen molar-refractivity contribution in [3.8, 4) is 0 Å². The molecule has 1 aromatic carbocycles. The fourth-order valence-electron chi connectivity index (χ4n) is 4.33. The van der Waals surface area contributed by atoms with Gasteiger partial charge in [-0.2, -0.15) is 0 Å². The van der Waals surface area contributed by atoms with E-state index in [0.717, 1.165) is 64.0 Å². The number of rotatable bonds is 6. The van der Waals surface area contributed by atoms with Crippen LogP contribution in [0.15, 0.2) is 30.3 Å². The molecular formula is C22H30N2O3. The highest BCUT2D eigenvalue weighted by Crippen LogP contribution is 2.32. The number of carbonyl (C=O) groups excluding carboxylic acids is 2. The molecule has 2 saturated heterocycles. The van der Waals surface area contributed by atoms with Crippen molar-refractivity contribution in [1.82, 2.24) is 9.80 Å². The molecule has 0 bridgehead atoms. The van der Waals surface area contributed by atoms with Crippen molar-refractivity contribution in [3.05, 3.63) is 35.9 Å². The molecule has 27 heavy (non-hydrogen) atoms. The normalized spacial score (nSPS) is 25.4. The molecule has 5 nitrogen and oxygen atoms in total. The minimum atomic E-state index is -0.0404. The standard InChI is InChI=1S/C22H30N2O3/c25-21(13-17-5-2-1-3-6-17)23-11-4-7-19(15-23)22(26)24(20-8-9-20)14-18-10-12-27-16-18/h1-3,5-6,18-20H,4,7-16H2/t18-,19-/m0/s1. The van der Waals surface area contributed by atoms with E-state index in [-0.39, 0.29) is 17.7 Å². The van der Waals surface area contributed by atoms with E-state index in [9.17, 15) is 9.59 Å². The van der Waals surface area contributed by atoms with Gasteiger partial charge in [0.2, 0.25) is 11.8 Å². The first-order valence-corrected chi connectivity index (χ1v) is 10.4. The highest BCUT2D eigenvalue weighted by Gasteiger charge is 2.39. The second kappa shape index (κ2) is 8.42. The zero-order chi connectivity index (χ0) is 18.6. The number of carbonyl (C=O) groups is 2. The molecule has 146 valence electrons. The molecule has 0 spiro atoms. The van der Waals surface area contributed by atoms with Gasteiger partial charge in [0.15, 0.2) is 0 Å². The van der Waals surface area contributed by atoms with Crippen LogP contribution in [0.1, 0.15) is 37.7 Å². The van der Waals surface area contributed by atoms with Crippen molar-refractivity contribution in [2.75, 3.05) is 32.8 Å². The van der Waals surface area contributed by atoms with E-state index in [2.05, 4.69) is 4.90 Å². The van der Waals surface area contributed by atoms with Crippen LogP contribution in [-0.2, 0) is 20.7 Å². The molecule has 1 aromatic rings. The average molecular weight is 370 g/mol. The summed E-state index contributed by atoms with van der Waals surface area (Å²) in [5.41, 5.74) is 1.04. The SMILES string of the molecule is O=C(Cc1ccccc1)N1CCC[C@H](C(=O)N(C[C@@H]2CCOC2)C2CC2)C1. The van der Waals surface area contributed by atoms with E-state index in [1.165, 1.54) is 0 Å². The van der Waals surface area contributed by atoms with Crippen molar-refractivity contribution in [3.63, 3.8) is 0 Å². The van der Waals surface area contributed by atoms with Gasteiger partial charge in [-0.3, -0.25) is 9.59 Å². The topological polar surface area (TPSA) is 49.9 Å². The maximum absolute atomic E-state index is 13.2. The molecule has 2 heterocycles. The van der Waals surface area contributed by atoms with Crippen LogP contribution in [0.3, 0.4) is 0 Å². The summed E-state index contributed by atoms with van der Waals surface area (Å²) in [4.78, 5) is 30.0. The molecule has 0 radical (unpaired) electrons. The van der Waals surface area contributed by atoms with E-state index in [0.29, 0.717) is 24.9 Å². The Bertz CT molecular complexity index is 653. The van der Waals surface area contributed by atoms with E-state index in [1.54, 1.807) is 0 Å². The van der Waals surface area contributed by atoms with Gasteiger partial charge in [-0.1, -0.05) is 30.3 Å². The molecule has 3 aliphatic rings. The minimum Gasteiger partial charge on any atom is -0.381 e. The summed E-state index contributed by atoms with van der Waals surface area (Å²) in [6.45, 7) is 3.79. The minimum absolute atomic E-state index is 0.0404. The number of benzene rings is 1. The van der Waals surface area contributed by atoms with E-state index < -0.39 is 0 Å². The lowest BCUT2D eigenvalue weighted by Crippen LogP contribution is -2.48. The van der Waals surface area contributed by atoms with E-state index >= 15 is 0 Å². The number of hydrogen-bond donors (Lipinski definition) is 0. The molecule has 2 atom stereocenters. The summed E-state index contributed by atoms with van der Waals surface area (Å²) >= 11 is 0. The first-order valence-electron chi connectivity index (χ1n) is 10.4. The van der Waals surface area contributed by atoms with Gasteiger partial charge in [0, 0.05) is 38.2 Å². The van der Waals surface area contributed by atoms with Crippen LogP contribution in [0.25, 0.3) is 0 Å². The Morgan fingerprint density at radius 1 is 1.11 bits per heavy atom. The molecule has 0 aromatic heterocycles. The van der Waals surface area contributed by atoms with Gasteiger partial charge in [0.1, 0.15) is 0 Å². The zero-order valence-electron chi connectivity index (χ0n) is 16.0. The molecule has 1 aliphatic carbocycles. The third-order valence-electron chi connectivity index (χ3n) is 6.07. The predicted molar refractivity (Wildman–Crippen MR) is 103 cm³/mol. The van der Waals surface area contributed by atoms with Crippen molar-refractivity contribution in [1.29, 1.82) is 0 Å². The van der Waals surface area contributed by atoms with Crippen LogP contribution in [0.2, 0.25) is 0 Å². The molecular weight excluding hydrogens is 340 g/mol. The maximum Gasteiger partial charge on any atom is 0.227 e.